The first kappa shape index (κ1) is 10.5. The molecule has 1 atom stereocenters. The average molecular weight is 206 g/mol. The van der Waals surface area contributed by atoms with Crippen molar-refractivity contribution in [3.05, 3.63) is 0 Å². The van der Waals surface area contributed by atoms with E-state index in [1.165, 1.54) is 6.92 Å². The van der Waals surface area contributed by atoms with Crippen LogP contribution in [-0.2, 0) is 14.6 Å². The molecule has 0 aromatic heterocycles. The first-order chi connectivity index (χ1) is 5.87. The molecular formula is C8H14O4S. The predicted octanol–water partition coefficient (Wildman–Crippen LogP) is 0.819. The molecule has 1 aliphatic rings. The van der Waals surface area contributed by atoms with Crippen molar-refractivity contribution in [2.75, 3.05) is 5.75 Å². The number of carboxylic acids is 1. The fourth-order valence-corrected chi connectivity index (χ4v) is 3.59. The molecule has 1 unspecified atom stereocenters. The second kappa shape index (κ2) is 3.29. The van der Waals surface area contributed by atoms with Gasteiger partial charge in [-0.2, -0.15) is 0 Å². The largest absolute Gasteiger partial charge is 0.481 e. The summed E-state index contributed by atoms with van der Waals surface area (Å²) in [6.07, 6.45) is 1.68. The van der Waals surface area contributed by atoms with Gasteiger partial charge < -0.3 is 5.11 Å². The predicted molar refractivity (Wildman–Crippen MR) is 48.3 cm³/mol. The molecule has 1 heterocycles. The maximum atomic E-state index is 11.6. The third-order valence-corrected chi connectivity index (χ3v) is 5.32. The van der Waals surface area contributed by atoms with Crippen molar-refractivity contribution < 1.29 is 18.3 Å². The SMILES string of the molecule is CC1(CC(=O)O)CCCCS1(=O)=O. The highest BCUT2D eigenvalue weighted by Gasteiger charge is 2.42. The van der Waals surface area contributed by atoms with Gasteiger partial charge in [-0.25, -0.2) is 8.42 Å². The molecule has 76 valence electrons. The summed E-state index contributed by atoms with van der Waals surface area (Å²) < 4.78 is 22.1. The van der Waals surface area contributed by atoms with Crippen LogP contribution in [0, 0.1) is 0 Å². The Kier molecular flexibility index (Phi) is 2.66. The summed E-state index contributed by atoms with van der Waals surface area (Å²) in [5.41, 5.74) is 0. The van der Waals surface area contributed by atoms with E-state index in [1.807, 2.05) is 0 Å². The van der Waals surface area contributed by atoms with Crippen molar-refractivity contribution in [2.24, 2.45) is 0 Å². The van der Waals surface area contributed by atoms with Crippen LogP contribution in [0.3, 0.4) is 0 Å². The fourth-order valence-electron chi connectivity index (χ4n) is 1.71. The minimum absolute atomic E-state index is 0.136. The Labute approximate surface area is 77.9 Å². The van der Waals surface area contributed by atoms with Crippen LogP contribution in [-0.4, -0.2) is 30.0 Å². The maximum Gasteiger partial charge on any atom is 0.304 e. The lowest BCUT2D eigenvalue weighted by molar-refractivity contribution is -0.137. The summed E-state index contributed by atoms with van der Waals surface area (Å²) in [5, 5.41) is 8.60. The standard InChI is InChI=1S/C8H14O4S/c1-8(6-7(9)10)4-2-3-5-13(8,11)12/h2-6H2,1H3,(H,9,10). The molecular weight excluding hydrogens is 192 g/mol. The maximum absolute atomic E-state index is 11.6. The number of carboxylic acid groups (broad SMARTS) is 1. The molecule has 0 bridgehead atoms. The molecule has 0 aromatic rings. The molecule has 0 amide bonds. The topological polar surface area (TPSA) is 71.4 Å². The van der Waals surface area contributed by atoms with Crippen LogP contribution < -0.4 is 0 Å². The van der Waals surface area contributed by atoms with Gasteiger partial charge in [0, 0.05) is 0 Å². The minimum atomic E-state index is -3.20. The van der Waals surface area contributed by atoms with Crippen molar-refractivity contribution in [1.82, 2.24) is 0 Å². The lowest BCUT2D eigenvalue weighted by atomic mass is 9.99. The average Bonchev–Trinajstić information content (AvgIpc) is 1.94. The van der Waals surface area contributed by atoms with E-state index in [-0.39, 0.29) is 12.2 Å². The summed E-state index contributed by atoms with van der Waals surface area (Å²) in [6, 6.07) is 0. The van der Waals surface area contributed by atoms with Gasteiger partial charge in [0.15, 0.2) is 9.84 Å². The van der Waals surface area contributed by atoms with Crippen LogP contribution in [0.25, 0.3) is 0 Å². The highest BCUT2D eigenvalue weighted by molar-refractivity contribution is 7.92. The molecule has 1 fully saturated rings. The molecule has 0 saturated carbocycles. The minimum Gasteiger partial charge on any atom is -0.481 e. The Morgan fingerprint density at radius 1 is 1.46 bits per heavy atom. The zero-order valence-electron chi connectivity index (χ0n) is 7.62. The van der Waals surface area contributed by atoms with Crippen molar-refractivity contribution in [3.8, 4) is 0 Å². The van der Waals surface area contributed by atoms with Crippen molar-refractivity contribution in [2.45, 2.75) is 37.4 Å². The molecule has 0 aromatic carbocycles. The van der Waals surface area contributed by atoms with E-state index >= 15 is 0 Å². The molecule has 1 N–H and O–H groups in total. The summed E-state index contributed by atoms with van der Waals surface area (Å²) >= 11 is 0. The van der Waals surface area contributed by atoms with E-state index in [2.05, 4.69) is 0 Å². The van der Waals surface area contributed by atoms with Crippen LogP contribution in [0.5, 0.6) is 0 Å². The van der Waals surface area contributed by atoms with Crippen molar-refractivity contribution in [3.63, 3.8) is 0 Å². The first-order valence-corrected chi connectivity index (χ1v) is 5.97. The Morgan fingerprint density at radius 3 is 2.54 bits per heavy atom. The van der Waals surface area contributed by atoms with E-state index in [0.717, 1.165) is 6.42 Å². The summed E-state index contributed by atoms with van der Waals surface area (Å²) in [5.74, 6) is -0.899. The third kappa shape index (κ3) is 2.02. The second-order valence-corrected chi connectivity index (χ2v) is 6.42. The molecule has 0 radical (unpaired) electrons. The van der Waals surface area contributed by atoms with E-state index in [4.69, 9.17) is 5.11 Å². The number of hydrogen-bond donors (Lipinski definition) is 1. The monoisotopic (exact) mass is 206 g/mol. The van der Waals surface area contributed by atoms with Crippen LogP contribution >= 0.6 is 0 Å². The second-order valence-electron chi connectivity index (χ2n) is 3.80. The number of sulfone groups is 1. The van der Waals surface area contributed by atoms with Gasteiger partial charge in [0.2, 0.25) is 0 Å². The molecule has 1 aliphatic heterocycles. The smallest absolute Gasteiger partial charge is 0.304 e. The Morgan fingerprint density at radius 2 is 2.08 bits per heavy atom. The van der Waals surface area contributed by atoms with Gasteiger partial charge in [-0.05, 0) is 19.8 Å². The van der Waals surface area contributed by atoms with Crippen molar-refractivity contribution in [1.29, 1.82) is 0 Å². The van der Waals surface area contributed by atoms with Gasteiger partial charge in [0.05, 0.1) is 16.9 Å². The van der Waals surface area contributed by atoms with Crippen LogP contribution in [0.1, 0.15) is 32.6 Å². The molecule has 1 saturated heterocycles. The Bertz CT molecular complexity index is 306. The van der Waals surface area contributed by atoms with Gasteiger partial charge in [-0.15, -0.1) is 0 Å². The summed E-state index contributed by atoms with van der Waals surface area (Å²) in [7, 11) is -3.20. The zero-order valence-corrected chi connectivity index (χ0v) is 8.43. The van der Waals surface area contributed by atoms with Gasteiger partial charge >= 0.3 is 5.97 Å². The molecule has 5 heteroatoms. The summed E-state index contributed by atoms with van der Waals surface area (Å²) in [6.45, 7) is 1.54. The normalized spacial score (nSPS) is 32.7. The van der Waals surface area contributed by atoms with E-state index < -0.39 is 20.6 Å². The molecule has 1 rings (SSSR count). The molecule has 0 aliphatic carbocycles. The Balaban J connectivity index is 2.91. The van der Waals surface area contributed by atoms with Gasteiger partial charge in [-0.1, -0.05) is 6.42 Å². The molecule has 13 heavy (non-hydrogen) atoms. The highest BCUT2D eigenvalue weighted by Crippen LogP contribution is 2.33. The summed E-state index contributed by atoms with van der Waals surface area (Å²) in [4.78, 5) is 10.5. The molecule has 4 nitrogen and oxygen atoms in total. The quantitative estimate of drug-likeness (QED) is 0.726. The van der Waals surface area contributed by atoms with Gasteiger partial charge in [0.25, 0.3) is 0 Å². The van der Waals surface area contributed by atoms with Gasteiger partial charge in [-0.3, -0.25) is 4.79 Å². The number of carbonyl (C=O) groups is 1. The lowest BCUT2D eigenvalue weighted by Crippen LogP contribution is -2.42. The lowest BCUT2D eigenvalue weighted by Gasteiger charge is -2.31. The third-order valence-electron chi connectivity index (χ3n) is 2.64. The molecule has 0 spiro atoms. The van der Waals surface area contributed by atoms with Crippen LogP contribution in [0.2, 0.25) is 0 Å². The van der Waals surface area contributed by atoms with Crippen LogP contribution in [0.4, 0.5) is 0 Å². The number of hydrogen-bond acceptors (Lipinski definition) is 3. The number of aliphatic carboxylic acids is 1. The van der Waals surface area contributed by atoms with E-state index in [9.17, 15) is 13.2 Å². The number of rotatable bonds is 2. The fraction of sp³-hybridized carbons (Fsp3) is 0.875. The Hall–Kier alpha value is -0.580. The van der Waals surface area contributed by atoms with Crippen LogP contribution in [0.15, 0.2) is 0 Å². The van der Waals surface area contributed by atoms with E-state index in [0.29, 0.717) is 12.8 Å². The van der Waals surface area contributed by atoms with Gasteiger partial charge in [0.1, 0.15) is 0 Å². The van der Waals surface area contributed by atoms with E-state index in [1.54, 1.807) is 0 Å². The first-order valence-electron chi connectivity index (χ1n) is 4.31. The highest BCUT2D eigenvalue weighted by atomic mass is 32.2. The van der Waals surface area contributed by atoms with Crippen molar-refractivity contribution >= 4 is 15.8 Å². The zero-order chi connectivity index (χ0) is 10.1.